The van der Waals surface area contributed by atoms with Crippen LogP contribution in [-0.4, -0.2) is 26.3 Å². The highest BCUT2D eigenvalue weighted by Gasteiger charge is 2.07. The molecule has 0 saturated heterocycles. The van der Waals surface area contributed by atoms with Gasteiger partial charge in [0.25, 0.3) is 0 Å². The van der Waals surface area contributed by atoms with E-state index >= 15 is 0 Å². The SMILES string of the molecule is COCC(CCCN)NCc1cccs1. The fourth-order valence-electron chi connectivity index (χ4n) is 1.47. The van der Waals surface area contributed by atoms with Gasteiger partial charge in [-0.1, -0.05) is 6.07 Å². The summed E-state index contributed by atoms with van der Waals surface area (Å²) < 4.78 is 5.17. The molecule has 4 heteroatoms. The Bertz CT molecular complexity index is 239. The van der Waals surface area contributed by atoms with E-state index in [2.05, 4.69) is 22.8 Å². The fourth-order valence-corrected chi connectivity index (χ4v) is 2.12. The molecular formula is C11H20N2OS. The predicted octanol–water partition coefficient (Wildman–Crippen LogP) is 1.59. The Labute approximate surface area is 95.6 Å². The quantitative estimate of drug-likeness (QED) is 0.710. The molecule has 1 unspecified atom stereocenters. The summed E-state index contributed by atoms with van der Waals surface area (Å²) in [5, 5.41) is 5.59. The van der Waals surface area contributed by atoms with Gasteiger partial charge in [-0.2, -0.15) is 0 Å². The summed E-state index contributed by atoms with van der Waals surface area (Å²) >= 11 is 1.78. The molecule has 0 saturated carbocycles. The molecule has 3 N–H and O–H groups in total. The van der Waals surface area contributed by atoms with Crippen LogP contribution in [0.5, 0.6) is 0 Å². The summed E-state index contributed by atoms with van der Waals surface area (Å²) in [5.74, 6) is 0. The van der Waals surface area contributed by atoms with E-state index in [9.17, 15) is 0 Å². The number of thiophene rings is 1. The molecule has 0 aliphatic rings. The minimum atomic E-state index is 0.417. The van der Waals surface area contributed by atoms with E-state index < -0.39 is 0 Å². The molecule has 0 aromatic carbocycles. The van der Waals surface area contributed by atoms with Gasteiger partial charge in [-0.25, -0.2) is 0 Å². The maximum atomic E-state index is 5.50. The van der Waals surface area contributed by atoms with Crippen LogP contribution in [0.25, 0.3) is 0 Å². The predicted molar refractivity (Wildman–Crippen MR) is 65.1 cm³/mol. The Morgan fingerprint density at radius 1 is 1.60 bits per heavy atom. The van der Waals surface area contributed by atoms with Crippen LogP contribution < -0.4 is 11.1 Å². The average molecular weight is 228 g/mol. The average Bonchev–Trinajstić information content (AvgIpc) is 2.75. The lowest BCUT2D eigenvalue weighted by Gasteiger charge is -2.16. The van der Waals surface area contributed by atoms with Gasteiger partial charge in [-0.15, -0.1) is 11.3 Å². The molecule has 1 rings (SSSR count). The Balaban J connectivity index is 2.24. The zero-order valence-corrected chi connectivity index (χ0v) is 10.1. The minimum Gasteiger partial charge on any atom is -0.383 e. The first-order chi connectivity index (χ1) is 7.36. The first-order valence-electron chi connectivity index (χ1n) is 5.31. The molecule has 0 spiro atoms. The van der Waals surface area contributed by atoms with Gasteiger partial charge in [-0.3, -0.25) is 0 Å². The molecule has 1 atom stereocenters. The van der Waals surface area contributed by atoms with Crippen molar-refractivity contribution in [1.29, 1.82) is 0 Å². The molecular weight excluding hydrogens is 208 g/mol. The van der Waals surface area contributed by atoms with Gasteiger partial charge in [-0.05, 0) is 30.8 Å². The number of ether oxygens (including phenoxy) is 1. The molecule has 0 aliphatic carbocycles. The van der Waals surface area contributed by atoms with Crippen LogP contribution >= 0.6 is 11.3 Å². The van der Waals surface area contributed by atoms with Gasteiger partial charge in [0.05, 0.1) is 6.61 Å². The molecule has 15 heavy (non-hydrogen) atoms. The zero-order chi connectivity index (χ0) is 10.9. The van der Waals surface area contributed by atoms with Gasteiger partial charge in [0.2, 0.25) is 0 Å². The number of nitrogens with two attached hydrogens (primary N) is 1. The zero-order valence-electron chi connectivity index (χ0n) is 9.24. The molecule has 0 fully saturated rings. The Morgan fingerprint density at radius 3 is 3.07 bits per heavy atom. The van der Waals surface area contributed by atoms with Crippen molar-refractivity contribution in [2.45, 2.75) is 25.4 Å². The Morgan fingerprint density at radius 2 is 2.47 bits per heavy atom. The van der Waals surface area contributed by atoms with Crippen LogP contribution in [-0.2, 0) is 11.3 Å². The fraction of sp³-hybridized carbons (Fsp3) is 0.636. The lowest BCUT2D eigenvalue weighted by molar-refractivity contribution is 0.161. The van der Waals surface area contributed by atoms with Gasteiger partial charge in [0.15, 0.2) is 0 Å². The third-order valence-electron chi connectivity index (χ3n) is 2.27. The van der Waals surface area contributed by atoms with E-state index in [0.29, 0.717) is 6.04 Å². The highest BCUT2D eigenvalue weighted by atomic mass is 32.1. The van der Waals surface area contributed by atoms with E-state index in [1.54, 1.807) is 18.4 Å². The van der Waals surface area contributed by atoms with E-state index in [-0.39, 0.29) is 0 Å². The molecule has 0 bridgehead atoms. The first kappa shape index (κ1) is 12.6. The largest absolute Gasteiger partial charge is 0.383 e. The molecule has 1 heterocycles. The summed E-state index contributed by atoms with van der Waals surface area (Å²) in [6.45, 7) is 2.43. The van der Waals surface area contributed by atoms with Crippen molar-refractivity contribution in [2.75, 3.05) is 20.3 Å². The molecule has 0 amide bonds. The number of nitrogens with one attached hydrogen (secondary N) is 1. The normalized spacial score (nSPS) is 12.9. The third kappa shape index (κ3) is 5.28. The van der Waals surface area contributed by atoms with E-state index in [1.807, 2.05) is 0 Å². The number of methoxy groups -OCH3 is 1. The summed E-state index contributed by atoms with van der Waals surface area (Å²) in [6.07, 6.45) is 2.13. The van der Waals surface area contributed by atoms with Gasteiger partial charge >= 0.3 is 0 Å². The molecule has 1 aromatic rings. The van der Waals surface area contributed by atoms with Crippen molar-refractivity contribution in [3.05, 3.63) is 22.4 Å². The van der Waals surface area contributed by atoms with Crippen molar-refractivity contribution in [1.82, 2.24) is 5.32 Å². The molecule has 0 radical (unpaired) electrons. The third-order valence-corrected chi connectivity index (χ3v) is 3.15. The summed E-state index contributed by atoms with van der Waals surface area (Å²) in [6, 6.07) is 4.64. The number of hydrogen-bond donors (Lipinski definition) is 2. The van der Waals surface area contributed by atoms with Crippen LogP contribution in [0.2, 0.25) is 0 Å². The van der Waals surface area contributed by atoms with Crippen LogP contribution in [0.15, 0.2) is 17.5 Å². The highest BCUT2D eigenvalue weighted by molar-refractivity contribution is 7.09. The summed E-state index contributed by atoms with van der Waals surface area (Å²) in [5.41, 5.74) is 5.50. The standard InChI is InChI=1S/C11H20N2OS/c1-14-9-10(4-2-6-12)13-8-11-5-3-7-15-11/h3,5,7,10,13H,2,4,6,8-9,12H2,1H3. The van der Waals surface area contributed by atoms with Crippen LogP contribution in [0.4, 0.5) is 0 Å². The van der Waals surface area contributed by atoms with Crippen molar-refractivity contribution < 1.29 is 4.74 Å². The Kier molecular flexibility index (Phi) is 6.59. The highest BCUT2D eigenvalue weighted by Crippen LogP contribution is 2.08. The second-order valence-corrected chi connectivity index (χ2v) is 4.58. The van der Waals surface area contributed by atoms with Crippen molar-refractivity contribution in [3.8, 4) is 0 Å². The maximum Gasteiger partial charge on any atom is 0.0615 e. The van der Waals surface area contributed by atoms with E-state index in [0.717, 1.165) is 32.5 Å². The minimum absolute atomic E-state index is 0.417. The second-order valence-electron chi connectivity index (χ2n) is 3.54. The topological polar surface area (TPSA) is 47.3 Å². The molecule has 0 aliphatic heterocycles. The lowest BCUT2D eigenvalue weighted by Crippen LogP contribution is -2.33. The van der Waals surface area contributed by atoms with Crippen molar-refractivity contribution >= 4 is 11.3 Å². The monoisotopic (exact) mass is 228 g/mol. The van der Waals surface area contributed by atoms with Crippen LogP contribution in [0, 0.1) is 0 Å². The maximum absolute atomic E-state index is 5.50. The smallest absolute Gasteiger partial charge is 0.0615 e. The second kappa shape index (κ2) is 7.82. The van der Waals surface area contributed by atoms with Gasteiger partial charge in [0.1, 0.15) is 0 Å². The van der Waals surface area contributed by atoms with E-state index in [4.69, 9.17) is 10.5 Å². The molecule has 1 aromatic heterocycles. The van der Waals surface area contributed by atoms with Crippen LogP contribution in [0.1, 0.15) is 17.7 Å². The number of hydrogen-bond acceptors (Lipinski definition) is 4. The van der Waals surface area contributed by atoms with Crippen LogP contribution in [0.3, 0.4) is 0 Å². The lowest BCUT2D eigenvalue weighted by atomic mass is 10.1. The number of rotatable bonds is 8. The summed E-state index contributed by atoms with van der Waals surface area (Å²) in [7, 11) is 1.74. The van der Waals surface area contributed by atoms with Crippen molar-refractivity contribution in [2.24, 2.45) is 5.73 Å². The summed E-state index contributed by atoms with van der Waals surface area (Å²) in [4.78, 5) is 1.36. The van der Waals surface area contributed by atoms with Gasteiger partial charge in [0, 0.05) is 24.6 Å². The van der Waals surface area contributed by atoms with E-state index in [1.165, 1.54) is 4.88 Å². The first-order valence-corrected chi connectivity index (χ1v) is 6.19. The van der Waals surface area contributed by atoms with Gasteiger partial charge < -0.3 is 15.8 Å². The Hall–Kier alpha value is -0.420. The molecule has 3 nitrogen and oxygen atoms in total. The molecule has 86 valence electrons. The van der Waals surface area contributed by atoms with Crippen molar-refractivity contribution in [3.63, 3.8) is 0 Å².